The van der Waals surface area contributed by atoms with Gasteiger partial charge in [-0.25, -0.2) is 18.2 Å². The van der Waals surface area contributed by atoms with E-state index in [1.165, 1.54) is 40.5 Å². The van der Waals surface area contributed by atoms with E-state index in [1.54, 1.807) is 14.1 Å². The maximum absolute atomic E-state index is 12.6. The number of anilines is 1. The molecule has 0 amide bonds. The lowest BCUT2D eigenvalue weighted by Crippen LogP contribution is -2.46. The normalized spacial score (nSPS) is 28.8. The third kappa shape index (κ3) is 7.33. The molecule has 5 heterocycles. The van der Waals surface area contributed by atoms with Gasteiger partial charge in [0.25, 0.3) is 24.9 Å². The van der Waals surface area contributed by atoms with Crippen molar-refractivity contribution < 1.29 is 61.6 Å². The van der Waals surface area contributed by atoms with Crippen LogP contribution in [-0.4, -0.2) is 102 Å². The van der Waals surface area contributed by atoms with Gasteiger partial charge in [-0.3, -0.25) is 37.8 Å². The first-order valence-electron chi connectivity index (χ1n) is 13.9. The van der Waals surface area contributed by atoms with Crippen molar-refractivity contribution in [3.8, 4) is 0 Å². The summed E-state index contributed by atoms with van der Waals surface area (Å²) in [7, 11) is -6.24. The third-order valence-electron chi connectivity index (χ3n) is 7.46. The monoisotopic (exact) mass is 709 g/mol. The molecule has 2 fully saturated rings. The predicted molar refractivity (Wildman–Crippen MR) is 153 cm³/mol. The summed E-state index contributed by atoms with van der Waals surface area (Å²) in [5.41, 5.74) is -1.56. The summed E-state index contributed by atoms with van der Waals surface area (Å²) in [5, 5.41) is 31.6. The summed E-state index contributed by atoms with van der Waals surface area (Å²) in [4.78, 5) is 69.4. The quantitative estimate of drug-likeness (QED) is 0.0826. The molecule has 47 heavy (non-hydrogen) atoms. The number of aryl methyl sites for hydroxylation is 2. The fourth-order valence-corrected chi connectivity index (χ4v) is 7.13. The van der Waals surface area contributed by atoms with Crippen LogP contribution in [0.2, 0.25) is 0 Å². The molecule has 0 bridgehead atoms. The number of aliphatic hydroxyl groups excluding tert-OH is 3. The van der Waals surface area contributed by atoms with Crippen molar-refractivity contribution in [2.45, 2.75) is 56.3 Å². The van der Waals surface area contributed by atoms with E-state index in [0.717, 1.165) is 4.57 Å². The Labute approximate surface area is 263 Å². The van der Waals surface area contributed by atoms with Crippen molar-refractivity contribution >= 4 is 32.8 Å². The van der Waals surface area contributed by atoms with Gasteiger partial charge in [0, 0.05) is 32.3 Å². The first-order chi connectivity index (χ1) is 21.9. The number of aromatic amines is 2. The van der Waals surface area contributed by atoms with E-state index in [0.29, 0.717) is 0 Å². The van der Waals surface area contributed by atoms with Gasteiger partial charge in [-0.15, -0.1) is 0 Å². The standard InChI is InChI=1S/C23H33N7O15P2/c1-10-6-29(23(36)26-19(10)34)14-5-11(31)12(43-14)7-41-46(37,38)45-47(39,40)42-8-13-16(32)17(33)21(44-13)30-9-28(4)15-18(30)24-22(27(2)3)25-20(15)35/h6,9,11-14,16-17,21,31-33H,5,7-8H2,1-4H3,(H3-,24,25,26,34,35,36,37,38,39,40)/t11-,12+,13+,14+,16+,17+,21+/m0/s1. The number of nitrogens with one attached hydrogen (secondary N) is 2. The number of hydrogen-bond donors (Lipinski definition) is 6. The highest BCUT2D eigenvalue weighted by Crippen LogP contribution is 2.58. The first kappa shape index (κ1) is 35.2. The van der Waals surface area contributed by atoms with E-state index in [9.17, 15) is 48.6 Å². The molecule has 6 N–H and O–H groups in total. The summed E-state index contributed by atoms with van der Waals surface area (Å²) in [6, 6.07) is 0. The highest BCUT2D eigenvalue weighted by Gasteiger charge is 2.48. The molecule has 24 heteroatoms. The highest BCUT2D eigenvalue weighted by atomic mass is 31.3. The molecule has 0 aliphatic carbocycles. The Kier molecular flexibility index (Phi) is 9.79. The number of nitrogens with zero attached hydrogens (tertiary/aromatic N) is 5. The average Bonchev–Trinajstić information content (AvgIpc) is 3.60. The number of phosphoric ester groups is 2. The number of fused-ring (bicyclic) bond motifs is 1. The van der Waals surface area contributed by atoms with E-state index in [2.05, 4.69) is 28.3 Å². The summed E-state index contributed by atoms with van der Waals surface area (Å²) >= 11 is 0. The molecule has 2 aliphatic heterocycles. The molecule has 3 aromatic heterocycles. The second-order valence-corrected chi connectivity index (χ2v) is 14.1. The molecule has 2 saturated heterocycles. The second kappa shape index (κ2) is 13.1. The van der Waals surface area contributed by atoms with Gasteiger partial charge in [0.1, 0.15) is 30.6 Å². The Morgan fingerprint density at radius 2 is 1.77 bits per heavy atom. The number of H-pyrrole nitrogens is 2. The van der Waals surface area contributed by atoms with Crippen LogP contribution in [0, 0.1) is 6.92 Å². The Balaban J connectivity index is 1.19. The van der Waals surface area contributed by atoms with E-state index in [-0.39, 0.29) is 29.1 Å². The minimum atomic E-state index is -5.63. The van der Waals surface area contributed by atoms with Gasteiger partial charge in [-0.2, -0.15) is 0 Å². The van der Waals surface area contributed by atoms with E-state index >= 15 is 0 Å². The zero-order valence-electron chi connectivity index (χ0n) is 25.2. The number of aromatic nitrogens is 6. The minimum absolute atomic E-state index is 0.0810. The Morgan fingerprint density at radius 1 is 1.09 bits per heavy atom. The highest BCUT2D eigenvalue weighted by molar-refractivity contribution is 7.60. The number of phosphoric acid groups is 2. The Morgan fingerprint density at radius 3 is 2.45 bits per heavy atom. The summed E-state index contributed by atoms with van der Waals surface area (Å²) in [6.07, 6.45) is -7.52. The smallest absolute Gasteiger partial charge is 0.478 e. The molecule has 0 radical (unpaired) electrons. The first-order valence-corrected chi connectivity index (χ1v) is 16.8. The van der Waals surface area contributed by atoms with Crippen molar-refractivity contribution in [2.24, 2.45) is 7.05 Å². The van der Waals surface area contributed by atoms with Crippen molar-refractivity contribution in [1.82, 2.24) is 24.1 Å². The van der Waals surface area contributed by atoms with Crippen LogP contribution in [0.1, 0.15) is 24.4 Å². The lowest BCUT2D eigenvalue weighted by molar-refractivity contribution is -0.745. The lowest BCUT2D eigenvalue weighted by Gasteiger charge is -2.26. The predicted octanol–water partition coefficient (Wildman–Crippen LogP) is -3.64. The summed E-state index contributed by atoms with van der Waals surface area (Å²) < 4.78 is 53.2. The fourth-order valence-electron chi connectivity index (χ4n) is 5.08. The lowest BCUT2D eigenvalue weighted by atomic mass is 10.1. The zero-order chi connectivity index (χ0) is 34.6. The SMILES string of the molecule is Cc1cn([C@H]2C[C@H](O)[C@@H](COP(=O)(O)OP(=O)([O-])OC[C@H]3O[C@@H]([n+]4cn(C)c5c(=O)[nH]c(N(C)C)nc54)[C@H](O)[C@@H]3O)O2)c(=O)[nH]c1=O. The average molecular weight is 709 g/mol. The van der Waals surface area contributed by atoms with Gasteiger partial charge in [-0.05, 0) is 6.92 Å². The molecule has 0 aromatic carbocycles. The van der Waals surface area contributed by atoms with Crippen LogP contribution in [-0.2, 0) is 39.0 Å². The molecular formula is C23H33N7O15P2. The number of imidazole rings is 1. The van der Waals surface area contributed by atoms with E-state index < -0.39 is 88.6 Å². The molecule has 2 aliphatic rings. The van der Waals surface area contributed by atoms with Crippen LogP contribution >= 0.6 is 15.6 Å². The Bertz CT molecular complexity index is 1920. The zero-order valence-corrected chi connectivity index (χ0v) is 27.0. The molecule has 0 spiro atoms. The minimum Gasteiger partial charge on any atom is -0.756 e. The maximum Gasteiger partial charge on any atom is 0.478 e. The summed E-state index contributed by atoms with van der Waals surface area (Å²) in [5.74, 6) is 0.184. The van der Waals surface area contributed by atoms with Crippen LogP contribution in [0.3, 0.4) is 0 Å². The fraction of sp³-hybridized carbons (Fsp3) is 0.609. The van der Waals surface area contributed by atoms with Crippen molar-refractivity contribution in [3.05, 3.63) is 49.3 Å². The van der Waals surface area contributed by atoms with E-state index in [4.69, 9.17) is 9.47 Å². The van der Waals surface area contributed by atoms with Crippen LogP contribution in [0.25, 0.3) is 11.2 Å². The Hall–Kier alpha value is -3.11. The van der Waals surface area contributed by atoms with Crippen LogP contribution in [0.15, 0.2) is 26.9 Å². The van der Waals surface area contributed by atoms with Crippen molar-refractivity contribution in [1.29, 1.82) is 0 Å². The summed E-state index contributed by atoms with van der Waals surface area (Å²) in [6.45, 7) is -0.387. The number of aliphatic hydroxyl groups is 3. The molecule has 5 rings (SSSR count). The molecule has 9 atom stereocenters. The third-order valence-corrected chi connectivity index (χ3v) is 10.0. The van der Waals surface area contributed by atoms with Gasteiger partial charge in [0.15, 0.2) is 6.33 Å². The molecule has 0 saturated carbocycles. The second-order valence-electron chi connectivity index (χ2n) is 11.1. The van der Waals surface area contributed by atoms with Gasteiger partial charge in [0.2, 0.25) is 11.7 Å². The van der Waals surface area contributed by atoms with Crippen LogP contribution in [0.4, 0.5) is 5.95 Å². The van der Waals surface area contributed by atoms with Gasteiger partial charge >= 0.3 is 19.2 Å². The molecule has 260 valence electrons. The maximum atomic E-state index is 12.6. The molecule has 22 nitrogen and oxygen atoms in total. The van der Waals surface area contributed by atoms with E-state index in [1.807, 2.05) is 0 Å². The molecule has 3 aromatic rings. The largest absolute Gasteiger partial charge is 0.756 e. The van der Waals surface area contributed by atoms with Crippen LogP contribution in [0.5, 0.6) is 0 Å². The van der Waals surface area contributed by atoms with Crippen LogP contribution < -0.4 is 31.2 Å². The van der Waals surface area contributed by atoms with Gasteiger partial charge in [0.05, 0.1) is 26.4 Å². The van der Waals surface area contributed by atoms with Gasteiger partial charge < -0.3 is 44.0 Å². The van der Waals surface area contributed by atoms with Crippen molar-refractivity contribution in [3.63, 3.8) is 0 Å². The number of rotatable bonds is 11. The number of hydrogen-bond acceptors (Lipinski definition) is 16. The topological polar surface area (TPSA) is 297 Å². The number of ether oxygens (including phenoxy) is 2. The van der Waals surface area contributed by atoms with Crippen molar-refractivity contribution in [2.75, 3.05) is 32.2 Å². The van der Waals surface area contributed by atoms with Gasteiger partial charge in [-0.1, -0.05) is 4.98 Å². The molecule has 2 unspecified atom stereocenters. The molecular weight excluding hydrogens is 676 g/mol.